The van der Waals surface area contributed by atoms with Gasteiger partial charge in [-0.15, -0.1) is 0 Å². The van der Waals surface area contributed by atoms with Crippen LogP contribution >= 0.6 is 23.5 Å². The maximum atomic E-state index is 11.0. The second-order valence-corrected chi connectivity index (χ2v) is 5.18. The van der Waals surface area contributed by atoms with Crippen LogP contribution in [0.2, 0.25) is 0 Å². The van der Waals surface area contributed by atoms with Gasteiger partial charge in [0.05, 0.1) is 13.2 Å². The van der Waals surface area contributed by atoms with Crippen molar-refractivity contribution >= 4 is 33.9 Å². The summed E-state index contributed by atoms with van der Waals surface area (Å²) < 4.78 is 6.01. The third kappa shape index (κ3) is 4.91. The highest BCUT2D eigenvalue weighted by Gasteiger charge is 2.07. The van der Waals surface area contributed by atoms with Gasteiger partial charge in [0.2, 0.25) is 0 Å². The Bertz CT molecular complexity index is 219. The van der Waals surface area contributed by atoms with E-state index in [1.807, 2.05) is 18.7 Å². The van der Waals surface area contributed by atoms with Crippen molar-refractivity contribution in [1.29, 1.82) is 0 Å². The Balaban J connectivity index is 1.96. The monoisotopic (exact) mass is 233 g/mol. The molecule has 0 unspecified atom stereocenters. The van der Waals surface area contributed by atoms with Gasteiger partial charge < -0.3 is 4.74 Å². The maximum absolute atomic E-state index is 11.0. The van der Waals surface area contributed by atoms with Crippen LogP contribution in [-0.4, -0.2) is 35.0 Å². The first kappa shape index (κ1) is 11.9. The number of carbonyl (C=O) groups excluding carboxylic acids is 1. The van der Waals surface area contributed by atoms with E-state index >= 15 is 0 Å². The minimum absolute atomic E-state index is 0.0888. The van der Waals surface area contributed by atoms with E-state index in [1.54, 1.807) is 11.8 Å². The summed E-state index contributed by atoms with van der Waals surface area (Å²) in [4.78, 5) is 15.3. The van der Waals surface area contributed by atoms with E-state index in [0.29, 0.717) is 13.0 Å². The van der Waals surface area contributed by atoms with Crippen LogP contribution in [0.5, 0.6) is 0 Å². The van der Waals surface area contributed by atoms with Crippen molar-refractivity contribution in [2.75, 3.05) is 24.7 Å². The van der Waals surface area contributed by atoms with E-state index in [4.69, 9.17) is 4.74 Å². The lowest BCUT2D eigenvalue weighted by molar-refractivity contribution is -0.143. The predicted octanol–water partition coefficient (Wildman–Crippen LogP) is 2.17. The summed E-state index contributed by atoms with van der Waals surface area (Å²) in [7, 11) is 0. The van der Waals surface area contributed by atoms with Crippen LogP contribution in [0, 0.1) is 0 Å². The molecule has 0 radical (unpaired) electrons. The number of esters is 1. The van der Waals surface area contributed by atoms with Crippen molar-refractivity contribution in [3.05, 3.63) is 0 Å². The van der Waals surface area contributed by atoms with Crippen LogP contribution < -0.4 is 0 Å². The first-order valence-corrected chi connectivity index (χ1v) is 6.75. The molecule has 0 atom stereocenters. The summed E-state index contributed by atoms with van der Waals surface area (Å²) in [6.07, 6.45) is 1.40. The molecular weight excluding hydrogens is 218 g/mol. The third-order valence-electron chi connectivity index (χ3n) is 1.61. The standard InChI is InChI=1S/C9H15NO2S2/c1-2-12-8(11)4-3-6-13-9-10-5-7-14-9/h2-7H2,1H3. The van der Waals surface area contributed by atoms with E-state index in [2.05, 4.69) is 4.99 Å². The van der Waals surface area contributed by atoms with Crippen LogP contribution in [-0.2, 0) is 9.53 Å². The summed E-state index contributed by atoms with van der Waals surface area (Å²) in [6.45, 7) is 3.26. The molecule has 5 heteroatoms. The lowest BCUT2D eigenvalue weighted by atomic mass is 10.3. The van der Waals surface area contributed by atoms with Crippen LogP contribution in [0.25, 0.3) is 0 Å². The highest BCUT2D eigenvalue weighted by molar-refractivity contribution is 8.39. The molecule has 0 aliphatic carbocycles. The van der Waals surface area contributed by atoms with Gasteiger partial charge in [-0.3, -0.25) is 9.79 Å². The van der Waals surface area contributed by atoms with Crippen LogP contribution in [0.3, 0.4) is 0 Å². The van der Waals surface area contributed by atoms with Crippen molar-refractivity contribution in [3.63, 3.8) is 0 Å². The Morgan fingerprint density at radius 3 is 3.21 bits per heavy atom. The maximum Gasteiger partial charge on any atom is 0.305 e. The first-order valence-electron chi connectivity index (χ1n) is 4.78. The lowest BCUT2D eigenvalue weighted by Gasteiger charge is -2.01. The summed E-state index contributed by atoms with van der Waals surface area (Å²) in [5.74, 6) is 1.99. The zero-order valence-corrected chi connectivity index (χ0v) is 9.96. The van der Waals surface area contributed by atoms with E-state index in [9.17, 15) is 4.79 Å². The molecule has 0 saturated carbocycles. The van der Waals surface area contributed by atoms with Gasteiger partial charge in [-0.05, 0) is 13.3 Å². The Morgan fingerprint density at radius 1 is 1.71 bits per heavy atom. The van der Waals surface area contributed by atoms with Gasteiger partial charge >= 0.3 is 5.97 Å². The summed E-state index contributed by atoms with van der Waals surface area (Å²) in [5.41, 5.74) is 0. The van der Waals surface area contributed by atoms with Crippen molar-refractivity contribution in [2.45, 2.75) is 19.8 Å². The van der Waals surface area contributed by atoms with E-state index in [0.717, 1.165) is 24.5 Å². The average molecular weight is 233 g/mol. The molecule has 80 valence electrons. The molecule has 0 aromatic heterocycles. The first-order chi connectivity index (χ1) is 6.83. The number of hydrogen-bond donors (Lipinski definition) is 0. The van der Waals surface area contributed by atoms with E-state index < -0.39 is 0 Å². The highest BCUT2D eigenvalue weighted by Crippen LogP contribution is 2.22. The molecule has 0 N–H and O–H groups in total. The zero-order valence-electron chi connectivity index (χ0n) is 8.32. The minimum atomic E-state index is -0.0888. The van der Waals surface area contributed by atoms with E-state index in [1.165, 1.54) is 4.38 Å². The molecule has 0 aromatic rings. The molecule has 1 aliphatic rings. The molecule has 0 amide bonds. The fourth-order valence-electron chi connectivity index (χ4n) is 1.01. The number of thioether (sulfide) groups is 2. The van der Waals surface area contributed by atoms with E-state index in [-0.39, 0.29) is 5.97 Å². The van der Waals surface area contributed by atoms with Crippen molar-refractivity contribution < 1.29 is 9.53 Å². The van der Waals surface area contributed by atoms with Crippen LogP contribution in [0.15, 0.2) is 4.99 Å². The quantitative estimate of drug-likeness (QED) is 0.539. The van der Waals surface area contributed by atoms with Gasteiger partial charge in [0, 0.05) is 17.9 Å². The van der Waals surface area contributed by atoms with Gasteiger partial charge in [-0.2, -0.15) is 0 Å². The van der Waals surface area contributed by atoms with Crippen molar-refractivity contribution in [1.82, 2.24) is 0 Å². The number of ether oxygens (including phenoxy) is 1. The largest absolute Gasteiger partial charge is 0.466 e. The number of rotatable bonds is 5. The number of nitrogens with zero attached hydrogens (tertiary/aromatic N) is 1. The topological polar surface area (TPSA) is 38.7 Å². The summed E-state index contributed by atoms with van der Waals surface area (Å²) in [6, 6.07) is 0. The second kappa shape index (κ2) is 7.17. The fourth-order valence-corrected chi connectivity index (χ4v) is 3.03. The molecule has 1 rings (SSSR count). The molecule has 1 heterocycles. The average Bonchev–Trinajstić information content (AvgIpc) is 2.65. The number of aliphatic imine (C=N–C) groups is 1. The molecule has 0 fully saturated rings. The summed E-state index contributed by atoms with van der Waals surface area (Å²) >= 11 is 3.56. The Morgan fingerprint density at radius 2 is 2.57 bits per heavy atom. The summed E-state index contributed by atoms with van der Waals surface area (Å²) in [5, 5.41) is 0. The fraction of sp³-hybridized carbons (Fsp3) is 0.778. The van der Waals surface area contributed by atoms with Gasteiger partial charge in [-0.25, -0.2) is 0 Å². The molecule has 14 heavy (non-hydrogen) atoms. The van der Waals surface area contributed by atoms with Crippen molar-refractivity contribution in [2.24, 2.45) is 4.99 Å². The number of hydrogen-bond acceptors (Lipinski definition) is 5. The Hall–Kier alpha value is -0.160. The minimum Gasteiger partial charge on any atom is -0.466 e. The highest BCUT2D eigenvalue weighted by atomic mass is 32.2. The lowest BCUT2D eigenvalue weighted by Crippen LogP contribution is -2.04. The third-order valence-corrected chi connectivity index (χ3v) is 3.95. The molecule has 3 nitrogen and oxygen atoms in total. The van der Waals surface area contributed by atoms with Gasteiger partial charge in [0.15, 0.2) is 0 Å². The molecule has 0 aromatic carbocycles. The second-order valence-electron chi connectivity index (χ2n) is 2.75. The molecule has 0 bridgehead atoms. The molecule has 0 spiro atoms. The van der Waals surface area contributed by atoms with Gasteiger partial charge in [0.25, 0.3) is 0 Å². The smallest absolute Gasteiger partial charge is 0.305 e. The van der Waals surface area contributed by atoms with Gasteiger partial charge in [-0.1, -0.05) is 23.5 Å². The van der Waals surface area contributed by atoms with Crippen molar-refractivity contribution in [3.8, 4) is 0 Å². The zero-order chi connectivity index (χ0) is 10.2. The van der Waals surface area contributed by atoms with Crippen LogP contribution in [0.1, 0.15) is 19.8 Å². The predicted molar refractivity (Wildman–Crippen MR) is 63.1 cm³/mol. The number of carbonyl (C=O) groups is 1. The Labute approximate surface area is 93.1 Å². The normalized spacial score (nSPS) is 15.4. The molecular formula is C9H15NO2S2. The van der Waals surface area contributed by atoms with Gasteiger partial charge in [0.1, 0.15) is 4.38 Å². The van der Waals surface area contributed by atoms with Crippen LogP contribution in [0.4, 0.5) is 0 Å². The Kier molecular flexibility index (Phi) is 6.10. The molecule has 1 aliphatic heterocycles. The molecule has 0 saturated heterocycles. The SMILES string of the molecule is CCOC(=O)CCCSC1=NCCS1.